The maximum Gasteiger partial charge on any atom is 0.230 e. The molecular formula is C15H24N4O. The van der Waals surface area contributed by atoms with Crippen LogP contribution in [0.2, 0.25) is 0 Å². The lowest BCUT2D eigenvalue weighted by molar-refractivity contribution is -0.135. The fraction of sp³-hybridized carbons (Fsp3) is 0.733. The summed E-state index contributed by atoms with van der Waals surface area (Å²) in [6.45, 7) is 8.95. The van der Waals surface area contributed by atoms with Crippen molar-refractivity contribution in [2.75, 3.05) is 26.7 Å². The Labute approximate surface area is 120 Å². The van der Waals surface area contributed by atoms with Crippen molar-refractivity contribution in [2.45, 2.75) is 33.4 Å². The molecule has 2 saturated heterocycles. The van der Waals surface area contributed by atoms with E-state index in [9.17, 15) is 4.79 Å². The summed E-state index contributed by atoms with van der Waals surface area (Å²) in [5.74, 6) is 0.790. The molecule has 3 heterocycles. The first kappa shape index (κ1) is 13.6. The van der Waals surface area contributed by atoms with Gasteiger partial charge in [-0.15, -0.1) is 0 Å². The molecule has 0 aliphatic carbocycles. The van der Waals surface area contributed by atoms with E-state index in [4.69, 9.17) is 0 Å². The smallest absolute Gasteiger partial charge is 0.230 e. The summed E-state index contributed by atoms with van der Waals surface area (Å²) in [5.41, 5.74) is 1.12. The molecule has 5 heteroatoms. The van der Waals surface area contributed by atoms with Crippen LogP contribution in [-0.2, 0) is 17.9 Å². The van der Waals surface area contributed by atoms with E-state index in [1.807, 2.05) is 22.8 Å². The van der Waals surface area contributed by atoms with E-state index in [0.29, 0.717) is 11.8 Å². The molecule has 0 bridgehead atoms. The van der Waals surface area contributed by atoms with Crippen LogP contribution >= 0.6 is 0 Å². The molecule has 1 aromatic rings. The topological polar surface area (TPSA) is 41.4 Å². The van der Waals surface area contributed by atoms with Gasteiger partial charge in [-0.05, 0) is 19.3 Å². The number of amides is 1. The first-order valence-electron chi connectivity index (χ1n) is 7.54. The van der Waals surface area contributed by atoms with Gasteiger partial charge in [-0.1, -0.05) is 6.92 Å². The summed E-state index contributed by atoms with van der Waals surface area (Å²) < 4.78 is 1.96. The SMILES string of the molecule is CCn1cc(CN2C[C@@H](C)[C@@]3(CCN(C)C3=O)C2)cn1. The van der Waals surface area contributed by atoms with E-state index in [1.165, 1.54) is 5.56 Å². The number of aryl methyl sites for hydroxylation is 1. The Bertz CT molecular complexity index is 512. The van der Waals surface area contributed by atoms with E-state index in [0.717, 1.165) is 39.1 Å². The third-order valence-corrected chi connectivity index (χ3v) is 5.06. The fourth-order valence-corrected chi connectivity index (χ4v) is 3.78. The zero-order valence-corrected chi connectivity index (χ0v) is 12.7. The van der Waals surface area contributed by atoms with Gasteiger partial charge < -0.3 is 4.90 Å². The van der Waals surface area contributed by atoms with Crippen molar-refractivity contribution in [3.63, 3.8) is 0 Å². The fourth-order valence-electron chi connectivity index (χ4n) is 3.78. The summed E-state index contributed by atoms with van der Waals surface area (Å²) in [7, 11) is 1.93. The number of hydrogen-bond donors (Lipinski definition) is 0. The van der Waals surface area contributed by atoms with Gasteiger partial charge >= 0.3 is 0 Å². The largest absolute Gasteiger partial charge is 0.345 e. The molecule has 1 amide bonds. The van der Waals surface area contributed by atoms with Crippen LogP contribution in [0.3, 0.4) is 0 Å². The third-order valence-electron chi connectivity index (χ3n) is 5.06. The zero-order valence-electron chi connectivity index (χ0n) is 12.7. The Morgan fingerprint density at radius 2 is 2.30 bits per heavy atom. The van der Waals surface area contributed by atoms with Gasteiger partial charge in [-0.25, -0.2) is 0 Å². The number of hydrogen-bond acceptors (Lipinski definition) is 3. The van der Waals surface area contributed by atoms with Crippen molar-refractivity contribution < 1.29 is 4.79 Å². The summed E-state index contributed by atoms with van der Waals surface area (Å²) >= 11 is 0. The molecule has 2 aliphatic rings. The monoisotopic (exact) mass is 276 g/mol. The Hall–Kier alpha value is -1.36. The first-order valence-corrected chi connectivity index (χ1v) is 7.54. The van der Waals surface area contributed by atoms with Gasteiger partial charge in [0, 0.05) is 51.5 Å². The molecule has 5 nitrogen and oxygen atoms in total. The lowest BCUT2D eigenvalue weighted by Gasteiger charge is -2.25. The molecular weight excluding hydrogens is 252 g/mol. The Morgan fingerprint density at radius 1 is 1.50 bits per heavy atom. The maximum absolute atomic E-state index is 12.5. The van der Waals surface area contributed by atoms with Crippen molar-refractivity contribution >= 4 is 5.91 Å². The van der Waals surface area contributed by atoms with Crippen molar-refractivity contribution in [1.29, 1.82) is 0 Å². The van der Waals surface area contributed by atoms with Gasteiger partial charge in [-0.3, -0.25) is 14.4 Å². The molecule has 0 radical (unpaired) electrons. The second-order valence-corrected chi connectivity index (χ2v) is 6.41. The standard InChI is InChI=1S/C15H24N4O/c1-4-19-10-13(7-16-19)9-18-8-12(2)15(11-18)5-6-17(3)14(15)20/h7,10,12H,4-6,8-9,11H2,1-3H3/t12-,15-/m1/s1. The highest BCUT2D eigenvalue weighted by molar-refractivity contribution is 5.85. The van der Waals surface area contributed by atoms with E-state index in [-0.39, 0.29) is 5.41 Å². The first-order chi connectivity index (χ1) is 9.55. The highest BCUT2D eigenvalue weighted by atomic mass is 16.2. The number of likely N-dealkylation sites (tertiary alicyclic amines) is 2. The quantitative estimate of drug-likeness (QED) is 0.833. The van der Waals surface area contributed by atoms with Crippen molar-refractivity contribution in [2.24, 2.45) is 11.3 Å². The highest BCUT2D eigenvalue weighted by Gasteiger charge is 2.53. The second kappa shape index (κ2) is 4.88. The highest BCUT2D eigenvalue weighted by Crippen LogP contribution is 2.44. The predicted molar refractivity (Wildman–Crippen MR) is 77.0 cm³/mol. The van der Waals surface area contributed by atoms with E-state index in [1.54, 1.807) is 0 Å². The maximum atomic E-state index is 12.5. The van der Waals surface area contributed by atoms with Crippen molar-refractivity contribution in [3.05, 3.63) is 18.0 Å². The minimum Gasteiger partial charge on any atom is -0.345 e. The molecule has 1 aromatic heterocycles. The van der Waals surface area contributed by atoms with Gasteiger partial charge in [0.25, 0.3) is 0 Å². The molecule has 20 heavy (non-hydrogen) atoms. The van der Waals surface area contributed by atoms with Gasteiger partial charge in [0.2, 0.25) is 5.91 Å². The molecule has 2 aliphatic heterocycles. The van der Waals surface area contributed by atoms with Crippen LogP contribution in [-0.4, -0.2) is 52.2 Å². The molecule has 0 unspecified atom stereocenters. The Balaban J connectivity index is 1.71. The molecule has 3 rings (SSSR count). The molecule has 1 spiro atoms. The average Bonchev–Trinajstić information content (AvgIpc) is 3.07. The van der Waals surface area contributed by atoms with Crippen LogP contribution < -0.4 is 0 Å². The average molecular weight is 276 g/mol. The molecule has 0 saturated carbocycles. The number of rotatable bonds is 3. The van der Waals surface area contributed by atoms with E-state index >= 15 is 0 Å². The third kappa shape index (κ3) is 2.04. The number of aromatic nitrogens is 2. The van der Waals surface area contributed by atoms with Gasteiger partial charge in [0.05, 0.1) is 11.6 Å². The van der Waals surface area contributed by atoms with Crippen molar-refractivity contribution in [1.82, 2.24) is 19.6 Å². The predicted octanol–water partition coefficient (Wildman–Crippen LogP) is 1.20. The molecule has 2 atom stereocenters. The normalized spacial score (nSPS) is 30.9. The number of nitrogens with zero attached hydrogens (tertiary/aromatic N) is 4. The van der Waals surface area contributed by atoms with Crippen LogP contribution in [0.25, 0.3) is 0 Å². The van der Waals surface area contributed by atoms with Crippen molar-refractivity contribution in [3.8, 4) is 0 Å². The summed E-state index contributed by atoms with van der Waals surface area (Å²) in [4.78, 5) is 16.8. The molecule has 0 N–H and O–H groups in total. The summed E-state index contributed by atoms with van der Waals surface area (Å²) in [6, 6.07) is 0. The molecule has 0 aromatic carbocycles. The van der Waals surface area contributed by atoms with Crippen LogP contribution in [0.1, 0.15) is 25.8 Å². The van der Waals surface area contributed by atoms with Crippen LogP contribution in [0.15, 0.2) is 12.4 Å². The molecule has 110 valence electrons. The van der Waals surface area contributed by atoms with Gasteiger partial charge in [-0.2, -0.15) is 5.10 Å². The minimum absolute atomic E-state index is 0.129. The minimum atomic E-state index is -0.129. The van der Waals surface area contributed by atoms with Gasteiger partial charge in [0.15, 0.2) is 0 Å². The van der Waals surface area contributed by atoms with E-state index in [2.05, 4.69) is 30.0 Å². The Morgan fingerprint density at radius 3 is 2.90 bits per heavy atom. The lowest BCUT2D eigenvalue weighted by Crippen LogP contribution is -2.38. The summed E-state index contributed by atoms with van der Waals surface area (Å²) in [6.07, 6.45) is 5.06. The van der Waals surface area contributed by atoms with Crippen LogP contribution in [0.5, 0.6) is 0 Å². The van der Waals surface area contributed by atoms with Crippen LogP contribution in [0.4, 0.5) is 0 Å². The summed E-state index contributed by atoms with van der Waals surface area (Å²) in [5, 5.41) is 4.33. The van der Waals surface area contributed by atoms with E-state index < -0.39 is 0 Å². The number of carbonyl (C=O) groups excluding carboxylic acids is 1. The van der Waals surface area contributed by atoms with Crippen LogP contribution in [0, 0.1) is 11.3 Å². The Kier molecular flexibility index (Phi) is 3.32. The van der Waals surface area contributed by atoms with Gasteiger partial charge in [0.1, 0.15) is 0 Å². The number of carbonyl (C=O) groups is 1. The zero-order chi connectivity index (χ0) is 14.3. The second-order valence-electron chi connectivity index (χ2n) is 6.41. The molecule has 2 fully saturated rings. The lowest BCUT2D eigenvalue weighted by atomic mass is 9.78.